The van der Waals surface area contributed by atoms with E-state index in [9.17, 15) is 9.59 Å². The second kappa shape index (κ2) is 12.6. The number of hydrogen-bond acceptors (Lipinski definition) is 9. The Kier molecular flexibility index (Phi) is 8.47. The number of hydrogen-bond donors (Lipinski definition) is 1. The number of amides is 2. The SMILES string of the molecule is O=C(CSc1ccccc1)N[C@@H]1C(=O)N2C(C(=S)OC(c3ccccc3)c3ccccc3)=C(c3nncs3)CS[C@H]12. The second-order valence-corrected chi connectivity index (χ2v) is 12.6. The third-order valence-corrected chi connectivity index (χ3v) is 9.97. The van der Waals surface area contributed by atoms with E-state index in [1.165, 1.54) is 23.1 Å². The molecule has 2 aliphatic heterocycles. The van der Waals surface area contributed by atoms with Crippen molar-refractivity contribution in [3.8, 4) is 0 Å². The second-order valence-electron chi connectivity index (χ2n) is 9.23. The highest BCUT2D eigenvalue weighted by Gasteiger charge is 2.54. The monoisotopic (exact) mass is 616 g/mol. The van der Waals surface area contributed by atoms with Crippen LogP contribution in [0, 0.1) is 0 Å². The average molecular weight is 617 g/mol. The minimum atomic E-state index is -0.642. The van der Waals surface area contributed by atoms with Crippen molar-refractivity contribution in [2.45, 2.75) is 22.4 Å². The first kappa shape index (κ1) is 27.6. The molecule has 206 valence electrons. The molecule has 4 aromatic rings. The van der Waals surface area contributed by atoms with Crippen molar-refractivity contribution in [2.75, 3.05) is 11.5 Å². The summed E-state index contributed by atoms with van der Waals surface area (Å²) in [6.45, 7) is 0. The highest BCUT2D eigenvalue weighted by Crippen LogP contribution is 2.45. The molecule has 3 heterocycles. The zero-order chi connectivity index (χ0) is 28.2. The summed E-state index contributed by atoms with van der Waals surface area (Å²) in [5.74, 6) is 0.361. The first-order valence-corrected chi connectivity index (χ1v) is 16.1. The van der Waals surface area contributed by atoms with Crippen molar-refractivity contribution < 1.29 is 14.3 Å². The summed E-state index contributed by atoms with van der Waals surface area (Å²) >= 11 is 10.3. The number of carbonyl (C=O) groups excluding carboxylic acids is 2. The Balaban J connectivity index is 1.25. The van der Waals surface area contributed by atoms with Gasteiger partial charge in [0.15, 0.2) is 0 Å². The van der Waals surface area contributed by atoms with Gasteiger partial charge in [0.05, 0.1) is 5.75 Å². The zero-order valence-electron chi connectivity index (χ0n) is 21.6. The molecule has 1 aromatic heterocycles. The maximum absolute atomic E-state index is 13.6. The van der Waals surface area contributed by atoms with Crippen LogP contribution in [0.25, 0.3) is 5.57 Å². The summed E-state index contributed by atoms with van der Waals surface area (Å²) in [6.07, 6.45) is -0.469. The quantitative estimate of drug-likeness (QED) is 0.148. The number of nitrogens with zero attached hydrogens (tertiary/aromatic N) is 3. The maximum atomic E-state index is 13.6. The molecule has 2 atom stereocenters. The third-order valence-electron chi connectivity index (χ3n) is 6.64. The number of thiocarbonyl (C=S) groups is 1. The largest absolute Gasteiger partial charge is 0.469 e. The highest BCUT2D eigenvalue weighted by atomic mass is 32.2. The van der Waals surface area contributed by atoms with Gasteiger partial charge in [-0.2, -0.15) is 0 Å². The number of fused-ring (bicyclic) bond motifs is 1. The van der Waals surface area contributed by atoms with Crippen LogP contribution in [0.5, 0.6) is 0 Å². The van der Waals surface area contributed by atoms with Crippen LogP contribution < -0.4 is 5.32 Å². The van der Waals surface area contributed by atoms with Gasteiger partial charge in [-0.25, -0.2) is 0 Å². The average Bonchev–Trinajstić information content (AvgIpc) is 3.57. The minimum absolute atomic E-state index is 0.190. The van der Waals surface area contributed by atoms with E-state index < -0.39 is 12.1 Å². The van der Waals surface area contributed by atoms with E-state index in [-0.39, 0.29) is 28.0 Å². The molecular formula is C30H24N4O3S4. The van der Waals surface area contributed by atoms with Crippen LogP contribution in [-0.2, 0) is 14.3 Å². The van der Waals surface area contributed by atoms with Gasteiger partial charge in [-0.1, -0.05) is 78.9 Å². The molecule has 41 heavy (non-hydrogen) atoms. The number of β-lactam (4-membered cyclic amide) rings is 1. The number of aromatic nitrogens is 2. The molecular weight excluding hydrogens is 593 g/mol. The number of ether oxygens (including phenoxy) is 1. The molecule has 2 amide bonds. The number of benzene rings is 3. The minimum Gasteiger partial charge on any atom is -0.469 e. The van der Waals surface area contributed by atoms with Gasteiger partial charge in [-0.15, -0.1) is 45.1 Å². The fraction of sp³-hybridized carbons (Fsp3) is 0.167. The molecule has 1 saturated heterocycles. The Morgan fingerprint density at radius 3 is 2.27 bits per heavy atom. The van der Waals surface area contributed by atoms with E-state index in [1.807, 2.05) is 91.0 Å². The summed E-state index contributed by atoms with van der Waals surface area (Å²) in [4.78, 5) is 29.0. The Labute approximate surface area is 255 Å². The van der Waals surface area contributed by atoms with E-state index in [0.717, 1.165) is 21.6 Å². The van der Waals surface area contributed by atoms with Crippen molar-refractivity contribution in [3.63, 3.8) is 0 Å². The summed E-state index contributed by atoms with van der Waals surface area (Å²) < 4.78 is 6.53. The number of thioether (sulfide) groups is 2. The van der Waals surface area contributed by atoms with Crippen LogP contribution in [0.2, 0.25) is 0 Å². The molecule has 0 aliphatic carbocycles. The maximum Gasteiger partial charge on any atom is 0.253 e. The highest BCUT2D eigenvalue weighted by molar-refractivity contribution is 8.00. The molecule has 6 rings (SSSR count). The van der Waals surface area contributed by atoms with Crippen LogP contribution in [0.3, 0.4) is 0 Å². The Morgan fingerprint density at radius 1 is 1.02 bits per heavy atom. The van der Waals surface area contributed by atoms with E-state index in [2.05, 4.69) is 15.5 Å². The fourth-order valence-corrected chi connectivity index (χ4v) is 7.79. The van der Waals surface area contributed by atoms with Crippen LogP contribution in [-0.4, -0.2) is 54.9 Å². The molecule has 0 bridgehead atoms. The molecule has 7 nitrogen and oxygen atoms in total. The molecule has 2 aliphatic rings. The lowest BCUT2D eigenvalue weighted by molar-refractivity contribution is -0.145. The van der Waals surface area contributed by atoms with Gasteiger partial charge in [-0.05, 0) is 35.5 Å². The van der Waals surface area contributed by atoms with Gasteiger partial charge in [0.25, 0.3) is 5.91 Å². The van der Waals surface area contributed by atoms with E-state index in [0.29, 0.717) is 16.5 Å². The normalized spacial score (nSPS) is 18.1. The smallest absolute Gasteiger partial charge is 0.253 e. The number of carbonyl (C=O) groups is 2. The number of nitrogens with one attached hydrogen (secondary N) is 1. The first-order chi connectivity index (χ1) is 20.1. The zero-order valence-corrected chi connectivity index (χ0v) is 24.8. The van der Waals surface area contributed by atoms with E-state index >= 15 is 0 Å². The predicted molar refractivity (Wildman–Crippen MR) is 167 cm³/mol. The fourth-order valence-electron chi connectivity index (χ4n) is 4.70. The lowest BCUT2D eigenvalue weighted by Crippen LogP contribution is -2.70. The molecule has 3 aromatic carbocycles. The lowest BCUT2D eigenvalue weighted by atomic mass is 10.0. The standard InChI is InChI=1S/C30H24N4O3S4/c35-23(17-39-21-14-8-3-9-15-21)32-24-28(36)34-25(22(16-40-29(24)34)27-33-31-18-41-27)30(38)37-26(19-10-4-1-5-11-19)20-12-6-2-7-13-20/h1-15,18,24,26,29H,16-17H2,(H,32,35)/t24-,29-/m1/s1. The third kappa shape index (κ3) is 5.94. The van der Waals surface area contributed by atoms with Crippen LogP contribution in [0.4, 0.5) is 0 Å². The van der Waals surface area contributed by atoms with E-state index in [4.69, 9.17) is 17.0 Å². The van der Waals surface area contributed by atoms with Crippen molar-refractivity contribution in [3.05, 3.63) is 118 Å². The van der Waals surface area contributed by atoms with Crippen LogP contribution in [0.15, 0.2) is 107 Å². The van der Waals surface area contributed by atoms with Gasteiger partial charge >= 0.3 is 0 Å². The predicted octanol–water partition coefficient (Wildman–Crippen LogP) is 5.58. The molecule has 0 unspecified atom stereocenters. The summed E-state index contributed by atoms with van der Waals surface area (Å²) in [6, 6.07) is 28.8. The molecule has 0 spiro atoms. The Bertz CT molecular complexity index is 1530. The van der Waals surface area contributed by atoms with Gasteiger partial charge in [0, 0.05) is 16.2 Å². The Hall–Kier alpha value is -3.51. The summed E-state index contributed by atoms with van der Waals surface area (Å²) in [5, 5.41) is 11.8. The van der Waals surface area contributed by atoms with Crippen LogP contribution >= 0.6 is 47.1 Å². The first-order valence-electron chi connectivity index (χ1n) is 12.8. The van der Waals surface area contributed by atoms with Crippen molar-refractivity contribution in [1.29, 1.82) is 0 Å². The van der Waals surface area contributed by atoms with Gasteiger partial charge in [0.2, 0.25) is 11.0 Å². The molecule has 0 saturated carbocycles. The molecule has 1 N–H and O–H groups in total. The van der Waals surface area contributed by atoms with Gasteiger partial charge in [-0.3, -0.25) is 14.5 Å². The van der Waals surface area contributed by atoms with E-state index in [1.54, 1.807) is 22.2 Å². The van der Waals surface area contributed by atoms with Crippen LogP contribution in [0.1, 0.15) is 22.2 Å². The Morgan fingerprint density at radius 2 is 1.66 bits per heavy atom. The molecule has 11 heteroatoms. The summed E-state index contributed by atoms with van der Waals surface area (Å²) in [5.41, 5.74) is 4.86. The molecule has 1 fully saturated rings. The number of rotatable bonds is 9. The molecule has 0 radical (unpaired) electrons. The summed E-state index contributed by atoms with van der Waals surface area (Å²) in [7, 11) is 0. The van der Waals surface area contributed by atoms with Crippen molar-refractivity contribution >= 4 is 69.5 Å². The topological polar surface area (TPSA) is 84.4 Å². The van der Waals surface area contributed by atoms with Crippen molar-refractivity contribution in [1.82, 2.24) is 20.4 Å². The van der Waals surface area contributed by atoms with Gasteiger partial charge < -0.3 is 10.1 Å². The van der Waals surface area contributed by atoms with Crippen molar-refractivity contribution in [2.24, 2.45) is 0 Å². The lowest BCUT2D eigenvalue weighted by Gasteiger charge is -2.50. The van der Waals surface area contributed by atoms with Gasteiger partial charge in [0.1, 0.15) is 33.7 Å².